The number of fused-ring (bicyclic) bond motifs is 1. The number of amides is 1. The molecule has 0 fully saturated rings. The Morgan fingerprint density at radius 1 is 1.03 bits per heavy atom. The number of nitrogens with two attached hydrogens (primary N) is 1. The van der Waals surface area contributed by atoms with Crippen molar-refractivity contribution in [1.82, 2.24) is 0 Å². The fraction of sp³-hybridized carbons (Fsp3) is 0.231. The number of hydrogen-bond acceptors (Lipinski definition) is 5. The zero-order valence-corrected chi connectivity index (χ0v) is 19.4. The molecule has 1 aliphatic heterocycles. The molecule has 5 nitrogen and oxygen atoms in total. The second kappa shape index (κ2) is 10.5. The lowest BCUT2D eigenvalue weighted by atomic mass is 10.0. The van der Waals surface area contributed by atoms with Crippen LogP contribution >= 0.6 is 11.8 Å². The number of benzene rings is 3. The molecule has 3 aromatic carbocycles. The molecule has 0 aliphatic carbocycles. The van der Waals surface area contributed by atoms with E-state index >= 15 is 0 Å². The Hall–Kier alpha value is -3.30. The minimum Gasteiger partial charge on any atom is -0.406 e. The molecule has 3 aromatic rings. The van der Waals surface area contributed by atoms with Gasteiger partial charge < -0.3 is 15.4 Å². The summed E-state index contributed by atoms with van der Waals surface area (Å²) in [5.41, 5.74) is 8.79. The molecule has 1 aliphatic rings. The van der Waals surface area contributed by atoms with Crippen molar-refractivity contribution >= 4 is 29.1 Å². The van der Waals surface area contributed by atoms with Crippen molar-refractivity contribution < 1.29 is 27.5 Å². The Morgan fingerprint density at radius 3 is 2.43 bits per heavy atom. The molecule has 9 heteroatoms. The van der Waals surface area contributed by atoms with Crippen molar-refractivity contribution in [1.29, 1.82) is 0 Å². The third kappa shape index (κ3) is 6.43. The maximum atomic E-state index is 13.1. The standard InChI is InChI=1S/C26H23F3N2O3S/c27-26(28,29)34-20-10-6-18(7-11-20)15-31-22-14-19(9-13-24(22)35-16-21(30)25(31)33)23(32)12-8-17-4-2-1-3-5-17/h1-7,9-11,13-14,21H,8,12,15-16,30H2/t21-/m0/s1. The van der Waals surface area contributed by atoms with Crippen molar-refractivity contribution in [2.24, 2.45) is 5.73 Å². The first kappa shape index (κ1) is 24.8. The predicted molar refractivity (Wildman–Crippen MR) is 129 cm³/mol. The minimum absolute atomic E-state index is 0.0451. The van der Waals surface area contributed by atoms with Crippen LogP contribution in [0.2, 0.25) is 0 Å². The normalized spacial score (nSPS) is 15.9. The van der Waals surface area contributed by atoms with Gasteiger partial charge in [0.1, 0.15) is 5.75 Å². The number of Topliss-reactive ketones (excluding diaryl/α,β-unsaturated/α-hetero) is 1. The number of ether oxygens (including phenoxy) is 1. The second-order valence-electron chi connectivity index (χ2n) is 8.12. The zero-order valence-electron chi connectivity index (χ0n) is 18.6. The summed E-state index contributed by atoms with van der Waals surface area (Å²) in [4.78, 5) is 28.3. The smallest absolute Gasteiger partial charge is 0.406 e. The quantitative estimate of drug-likeness (QED) is 0.442. The summed E-state index contributed by atoms with van der Waals surface area (Å²) >= 11 is 1.43. The Balaban J connectivity index is 1.57. The van der Waals surface area contributed by atoms with Crippen LogP contribution in [0.4, 0.5) is 18.9 Å². The summed E-state index contributed by atoms with van der Waals surface area (Å²) in [5, 5.41) is 0. The van der Waals surface area contributed by atoms with E-state index in [0.717, 1.165) is 10.5 Å². The third-order valence-corrected chi connectivity index (χ3v) is 6.74. The molecule has 0 spiro atoms. The van der Waals surface area contributed by atoms with Crippen LogP contribution < -0.4 is 15.4 Å². The molecule has 0 radical (unpaired) electrons. The summed E-state index contributed by atoms with van der Waals surface area (Å²) in [6.07, 6.45) is -3.86. The lowest BCUT2D eigenvalue weighted by Gasteiger charge is -2.25. The van der Waals surface area contributed by atoms with Crippen LogP contribution in [0.1, 0.15) is 27.9 Å². The van der Waals surface area contributed by atoms with E-state index in [2.05, 4.69) is 4.74 Å². The SMILES string of the molecule is N[C@H]1CSc2ccc(C(=O)CCc3ccccc3)cc2N(Cc2ccc(OC(F)(F)F)cc2)C1=O. The fourth-order valence-electron chi connectivity index (χ4n) is 3.78. The molecular formula is C26H23F3N2O3S. The van der Waals surface area contributed by atoms with Crippen molar-refractivity contribution in [2.75, 3.05) is 10.7 Å². The molecule has 0 bridgehead atoms. The fourth-order valence-corrected chi connectivity index (χ4v) is 4.77. The van der Waals surface area contributed by atoms with Crippen molar-refractivity contribution in [3.8, 4) is 5.75 Å². The molecule has 0 aromatic heterocycles. The molecule has 182 valence electrons. The molecule has 4 rings (SSSR count). The number of nitrogens with zero attached hydrogens (tertiary/aromatic N) is 1. The Morgan fingerprint density at radius 2 is 1.74 bits per heavy atom. The lowest BCUT2D eigenvalue weighted by molar-refractivity contribution is -0.274. The van der Waals surface area contributed by atoms with Gasteiger partial charge in [0, 0.05) is 22.6 Å². The van der Waals surface area contributed by atoms with E-state index in [0.29, 0.717) is 35.4 Å². The topological polar surface area (TPSA) is 72.6 Å². The number of hydrogen-bond donors (Lipinski definition) is 1. The van der Waals surface area contributed by atoms with Crippen LogP contribution in [0, 0.1) is 0 Å². The van der Waals surface area contributed by atoms with Gasteiger partial charge in [-0.05, 0) is 41.8 Å². The molecule has 1 atom stereocenters. The Labute approximate surface area is 205 Å². The number of carbonyl (C=O) groups excluding carboxylic acids is 2. The first-order valence-electron chi connectivity index (χ1n) is 11.0. The first-order chi connectivity index (χ1) is 16.7. The van der Waals surface area contributed by atoms with Crippen LogP contribution in [0.3, 0.4) is 0 Å². The number of alkyl halides is 3. The average Bonchev–Trinajstić information content (AvgIpc) is 2.95. The lowest BCUT2D eigenvalue weighted by Crippen LogP contribution is -2.44. The number of ketones is 1. The largest absolute Gasteiger partial charge is 0.573 e. The molecule has 1 amide bonds. The summed E-state index contributed by atoms with van der Waals surface area (Å²) < 4.78 is 41.3. The van der Waals surface area contributed by atoms with Gasteiger partial charge in [0.2, 0.25) is 5.91 Å². The molecule has 2 N–H and O–H groups in total. The maximum absolute atomic E-state index is 13.1. The van der Waals surface area contributed by atoms with Gasteiger partial charge in [-0.2, -0.15) is 0 Å². The Kier molecular flexibility index (Phi) is 7.47. The minimum atomic E-state index is -4.78. The maximum Gasteiger partial charge on any atom is 0.573 e. The van der Waals surface area contributed by atoms with Crippen LogP contribution in [0.25, 0.3) is 0 Å². The monoisotopic (exact) mass is 500 g/mol. The van der Waals surface area contributed by atoms with E-state index in [9.17, 15) is 22.8 Å². The van der Waals surface area contributed by atoms with E-state index in [1.54, 1.807) is 12.1 Å². The molecule has 1 heterocycles. The summed E-state index contributed by atoms with van der Waals surface area (Å²) in [6, 6.07) is 19.5. The van der Waals surface area contributed by atoms with Crippen LogP contribution in [-0.2, 0) is 17.8 Å². The molecular weight excluding hydrogens is 477 g/mol. The van der Waals surface area contributed by atoms with Gasteiger partial charge in [0.05, 0.1) is 18.3 Å². The van der Waals surface area contributed by atoms with E-state index < -0.39 is 12.4 Å². The first-order valence-corrected chi connectivity index (χ1v) is 11.9. The van der Waals surface area contributed by atoms with Crippen LogP contribution in [0.5, 0.6) is 5.75 Å². The second-order valence-corrected chi connectivity index (χ2v) is 9.19. The number of thioether (sulfide) groups is 1. The Bertz CT molecular complexity index is 1200. The van der Waals surface area contributed by atoms with Crippen LogP contribution in [-0.4, -0.2) is 29.8 Å². The van der Waals surface area contributed by atoms with E-state index in [-0.39, 0.29) is 24.0 Å². The predicted octanol–water partition coefficient (Wildman–Crippen LogP) is 5.37. The highest BCUT2D eigenvalue weighted by Crippen LogP contribution is 2.36. The van der Waals surface area contributed by atoms with Gasteiger partial charge in [0.15, 0.2) is 5.78 Å². The van der Waals surface area contributed by atoms with Crippen molar-refractivity contribution in [2.45, 2.75) is 36.7 Å². The summed E-state index contributed by atoms with van der Waals surface area (Å²) in [7, 11) is 0. The van der Waals surface area contributed by atoms with Crippen molar-refractivity contribution in [3.05, 3.63) is 89.5 Å². The third-order valence-electron chi connectivity index (χ3n) is 5.55. The van der Waals surface area contributed by atoms with Gasteiger partial charge in [-0.15, -0.1) is 24.9 Å². The average molecular weight is 501 g/mol. The molecule has 35 heavy (non-hydrogen) atoms. The summed E-state index contributed by atoms with van der Waals surface area (Å²) in [5.74, 6) is -0.332. The molecule has 0 unspecified atom stereocenters. The number of aryl methyl sites for hydroxylation is 1. The number of rotatable bonds is 7. The number of halogens is 3. The van der Waals surface area contributed by atoms with Gasteiger partial charge in [-0.25, -0.2) is 0 Å². The van der Waals surface area contributed by atoms with E-state index in [1.165, 1.54) is 40.9 Å². The number of anilines is 1. The van der Waals surface area contributed by atoms with Crippen LogP contribution in [0.15, 0.2) is 77.7 Å². The van der Waals surface area contributed by atoms with E-state index in [1.807, 2.05) is 36.4 Å². The molecule has 0 saturated carbocycles. The summed E-state index contributed by atoms with van der Waals surface area (Å²) in [6.45, 7) is 0.0913. The highest BCUT2D eigenvalue weighted by atomic mass is 32.2. The van der Waals surface area contributed by atoms with Gasteiger partial charge in [0.25, 0.3) is 0 Å². The van der Waals surface area contributed by atoms with Crippen molar-refractivity contribution in [3.63, 3.8) is 0 Å². The highest BCUT2D eigenvalue weighted by molar-refractivity contribution is 7.99. The van der Waals surface area contributed by atoms with E-state index in [4.69, 9.17) is 5.73 Å². The van der Waals surface area contributed by atoms with Gasteiger partial charge in [-0.3, -0.25) is 9.59 Å². The highest BCUT2D eigenvalue weighted by Gasteiger charge is 2.32. The zero-order chi connectivity index (χ0) is 25.0. The molecule has 0 saturated heterocycles. The number of carbonyl (C=O) groups is 2. The van der Waals surface area contributed by atoms with Gasteiger partial charge >= 0.3 is 6.36 Å². The van der Waals surface area contributed by atoms with Gasteiger partial charge in [-0.1, -0.05) is 48.5 Å².